The van der Waals surface area contributed by atoms with E-state index in [0.717, 1.165) is 25.1 Å². The molecule has 136 valence electrons. The molecule has 0 radical (unpaired) electrons. The first-order valence-corrected chi connectivity index (χ1v) is 8.41. The average Bonchev–Trinajstić information content (AvgIpc) is 2.66. The van der Waals surface area contributed by atoms with Crippen molar-refractivity contribution in [2.75, 3.05) is 24.6 Å². The molecule has 1 heterocycles. The van der Waals surface area contributed by atoms with E-state index in [1.54, 1.807) is 6.07 Å². The minimum atomic E-state index is -0.569. The Morgan fingerprint density at radius 3 is 2.62 bits per heavy atom. The van der Waals surface area contributed by atoms with Crippen LogP contribution in [0.2, 0.25) is 0 Å². The molecule has 3 rings (SSSR count). The van der Waals surface area contributed by atoms with Gasteiger partial charge in [0.25, 0.3) is 11.8 Å². The summed E-state index contributed by atoms with van der Waals surface area (Å²) in [5.41, 5.74) is 6.89. The first-order chi connectivity index (χ1) is 12.6. The molecule has 0 saturated heterocycles. The van der Waals surface area contributed by atoms with Gasteiger partial charge in [0.2, 0.25) is 0 Å². The normalized spacial score (nSPS) is 12.9. The zero-order valence-electron chi connectivity index (χ0n) is 14.2. The summed E-state index contributed by atoms with van der Waals surface area (Å²) in [4.78, 5) is 25.8. The smallest absolute Gasteiger partial charge is 0.276 e. The van der Waals surface area contributed by atoms with Gasteiger partial charge in [0.15, 0.2) is 18.2 Å². The zero-order valence-corrected chi connectivity index (χ0v) is 14.2. The summed E-state index contributed by atoms with van der Waals surface area (Å²) >= 11 is 0. The van der Waals surface area contributed by atoms with Crippen LogP contribution >= 0.6 is 0 Å². The van der Waals surface area contributed by atoms with Crippen molar-refractivity contribution in [1.82, 2.24) is 10.9 Å². The molecular weight excluding hydrogens is 337 g/mol. The standard InChI is InChI=1S/C19H20FN3O3/c20-15-8-2-4-10-17(15)26-13-19(25)22-21-18(24)12-23-11-5-7-14-6-1-3-9-16(14)23/h1-4,6,8-10H,5,7,11-13H2,(H,21,24)(H,22,25). The highest BCUT2D eigenvalue weighted by atomic mass is 19.1. The molecular formula is C19H20FN3O3. The number of carbonyl (C=O) groups is 2. The number of halogens is 1. The van der Waals surface area contributed by atoms with Crippen LogP contribution in [0.4, 0.5) is 10.1 Å². The van der Waals surface area contributed by atoms with E-state index in [2.05, 4.69) is 16.9 Å². The van der Waals surface area contributed by atoms with E-state index in [9.17, 15) is 14.0 Å². The number of para-hydroxylation sites is 2. The van der Waals surface area contributed by atoms with Crippen molar-refractivity contribution in [3.8, 4) is 5.75 Å². The predicted molar refractivity (Wildman–Crippen MR) is 95.2 cm³/mol. The number of hydrazine groups is 1. The van der Waals surface area contributed by atoms with Gasteiger partial charge in [-0.15, -0.1) is 0 Å². The number of amides is 2. The molecule has 0 atom stereocenters. The first kappa shape index (κ1) is 17.7. The van der Waals surface area contributed by atoms with Crippen LogP contribution in [-0.2, 0) is 16.0 Å². The summed E-state index contributed by atoms with van der Waals surface area (Å²) in [6.07, 6.45) is 1.98. The number of aryl methyl sites for hydroxylation is 1. The van der Waals surface area contributed by atoms with Crippen LogP contribution in [0.15, 0.2) is 48.5 Å². The lowest BCUT2D eigenvalue weighted by molar-refractivity contribution is -0.129. The van der Waals surface area contributed by atoms with Gasteiger partial charge in [-0.05, 0) is 36.6 Å². The van der Waals surface area contributed by atoms with Crippen LogP contribution in [0.5, 0.6) is 5.75 Å². The number of nitrogens with zero attached hydrogens (tertiary/aromatic N) is 1. The number of benzene rings is 2. The van der Waals surface area contributed by atoms with Gasteiger partial charge in [-0.2, -0.15) is 0 Å². The third-order valence-electron chi connectivity index (χ3n) is 4.08. The largest absolute Gasteiger partial charge is 0.481 e. The number of rotatable bonds is 5. The van der Waals surface area contributed by atoms with Gasteiger partial charge in [-0.25, -0.2) is 4.39 Å². The Morgan fingerprint density at radius 1 is 1.04 bits per heavy atom. The number of carbonyl (C=O) groups excluding carboxylic acids is 2. The Kier molecular flexibility index (Phi) is 5.68. The highest BCUT2D eigenvalue weighted by molar-refractivity contribution is 5.85. The fourth-order valence-corrected chi connectivity index (χ4v) is 2.87. The van der Waals surface area contributed by atoms with Gasteiger partial charge in [0.05, 0.1) is 6.54 Å². The van der Waals surface area contributed by atoms with Crippen LogP contribution < -0.4 is 20.5 Å². The monoisotopic (exact) mass is 357 g/mol. The number of nitrogens with one attached hydrogen (secondary N) is 2. The number of hydrogen-bond acceptors (Lipinski definition) is 4. The van der Waals surface area contributed by atoms with Gasteiger partial charge in [0, 0.05) is 12.2 Å². The molecule has 0 aromatic heterocycles. The van der Waals surface area contributed by atoms with E-state index in [1.165, 1.54) is 23.8 Å². The average molecular weight is 357 g/mol. The molecule has 6 nitrogen and oxygen atoms in total. The molecule has 0 unspecified atom stereocenters. The molecule has 2 amide bonds. The molecule has 0 bridgehead atoms. The van der Waals surface area contributed by atoms with Crippen molar-refractivity contribution in [3.63, 3.8) is 0 Å². The van der Waals surface area contributed by atoms with E-state index < -0.39 is 18.3 Å². The Bertz CT molecular complexity index is 797. The van der Waals surface area contributed by atoms with E-state index in [0.29, 0.717) is 0 Å². The van der Waals surface area contributed by atoms with E-state index >= 15 is 0 Å². The molecule has 2 N–H and O–H groups in total. The third-order valence-corrected chi connectivity index (χ3v) is 4.08. The van der Waals surface area contributed by atoms with Gasteiger partial charge in [0.1, 0.15) is 0 Å². The Balaban J connectivity index is 1.44. The third kappa shape index (κ3) is 4.50. The SMILES string of the molecule is O=C(COc1ccccc1F)NNC(=O)CN1CCCc2ccccc21. The van der Waals surface area contributed by atoms with Gasteiger partial charge < -0.3 is 9.64 Å². The van der Waals surface area contributed by atoms with Gasteiger partial charge >= 0.3 is 0 Å². The summed E-state index contributed by atoms with van der Waals surface area (Å²) in [6.45, 7) is 0.536. The maximum atomic E-state index is 13.4. The number of fused-ring (bicyclic) bond motifs is 1. The molecule has 26 heavy (non-hydrogen) atoms. The highest BCUT2D eigenvalue weighted by Crippen LogP contribution is 2.26. The fourth-order valence-electron chi connectivity index (χ4n) is 2.87. The Morgan fingerprint density at radius 2 is 1.77 bits per heavy atom. The maximum Gasteiger partial charge on any atom is 0.276 e. The second kappa shape index (κ2) is 8.33. The quantitative estimate of drug-likeness (QED) is 0.801. The molecule has 1 aliphatic rings. The summed E-state index contributed by atoms with van der Waals surface area (Å²) in [5, 5.41) is 0. The zero-order chi connectivity index (χ0) is 18.4. The van der Waals surface area contributed by atoms with E-state index in [-0.39, 0.29) is 18.2 Å². The Labute approximate surface area is 150 Å². The number of anilines is 1. The van der Waals surface area contributed by atoms with Gasteiger partial charge in [-0.1, -0.05) is 30.3 Å². The number of hydrogen-bond donors (Lipinski definition) is 2. The van der Waals surface area contributed by atoms with E-state index in [4.69, 9.17) is 4.74 Å². The van der Waals surface area contributed by atoms with Crippen molar-refractivity contribution in [2.45, 2.75) is 12.8 Å². The van der Waals surface area contributed by atoms with Crippen molar-refractivity contribution in [3.05, 3.63) is 59.9 Å². The molecule has 7 heteroatoms. The van der Waals surface area contributed by atoms with E-state index in [1.807, 2.05) is 23.1 Å². The minimum Gasteiger partial charge on any atom is -0.481 e. The summed E-state index contributed by atoms with van der Waals surface area (Å²) in [7, 11) is 0. The molecule has 2 aromatic rings. The minimum absolute atomic E-state index is 0.0149. The number of ether oxygens (including phenoxy) is 1. The maximum absolute atomic E-state index is 13.4. The summed E-state index contributed by atoms with van der Waals surface area (Å²) < 4.78 is 18.5. The van der Waals surface area contributed by atoms with Crippen LogP contribution in [0.25, 0.3) is 0 Å². The van der Waals surface area contributed by atoms with Crippen LogP contribution in [0, 0.1) is 5.82 Å². The summed E-state index contributed by atoms with van der Waals surface area (Å²) in [5.74, 6) is -1.46. The lowest BCUT2D eigenvalue weighted by atomic mass is 10.0. The second-order valence-corrected chi connectivity index (χ2v) is 5.97. The van der Waals surface area contributed by atoms with Crippen LogP contribution in [0.3, 0.4) is 0 Å². The summed E-state index contributed by atoms with van der Waals surface area (Å²) in [6, 6.07) is 13.8. The Hall–Kier alpha value is -3.09. The predicted octanol–water partition coefficient (Wildman–Crippen LogP) is 1.80. The van der Waals surface area contributed by atoms with Crippen LogP contribution in [0.1, 0.15) is 12.0 Å². The second-order valence-electron chi connectivity index (χ2n) is 5.97. The molecule has 0 spiro atoms. The lowest BCUT2D eigenvalue weighted by Crippen LogP contribution is -2.48. The molecule has 1 aliphatic heterocycles. The van der Waals surface area contributed by atoms with Crippen molar-refractivity contribution < 1.29 is 18.7 Å². The lowest BCUT2D eigenvalue weighted by Gasteiger charge is -2.30. The molecule has 2 aromatic carbocycles. The molecule has 0 saturated carbocycles. The van der Waals surface area contributed by atoms with Crippen molar-refractivity contribution >= 4 is 17.5 Å². The van der Waals surface area contributed by atoms with Crippen molar-refractivity contribution in [2.24, 2.45) is 0 Å². The molecule has 0 fully saturated rings. The molecule has 0 aliphatic carbocycles. The van der Waals surface area contributed by atoms with Crippen LogP contribution in [-0.4, -0.2) is 31.5 Å². The highest BCUT2D eigenvalue weighted by Gasteiger charge is 2.18. The fraction of sp³-hybridized carbons (Fsp3) is 0.263. The van der Waals surface area contributed by atoms with Gasteiger partial charge in [-0.3, -0.25) is 20.4 Å². The first-order valence-electron chi connectivity index (χ1n) is 8.41. The van der Waals surface area contributed by atoms with Crippen molar-refractivity contribution in [1.29, 1.82) is 0 Å². The topological polar surface area (TPSA) is 70.7 Å².